The normalized spacial score (nSPS) is 12.4. The molecule has 0 amide bonds. The van der Waals surface area contributed by atoms with Crippen LogP contribution in [0, 0.1) is 0 Å². The zero-order chi connectivity index (χ0) is 13.1. The number of hydrogen-bond acceptors (Lipinski definition) is 3. The van der Waals surface area contributed by atoms with Crippen LogP contribution >= 0.6 is 0 Å². The van der Waals surface area contributed by atoms with E-state index >= 15 is 0 Å². The van der Waals surface area contributed by atoms with E-state index in [0.29, 0.717) is 0 Å². The van der Waals surface area contributed by atoms with Gasteiger partial charge in [0.1, 0.15) is 11.5 Å². The Balaban J connectivity index is 2.23. The highest BCUT2D eigenvalue weighted by molar-refractivity contribution is 5.61. The first-order valence-electron chi connectivity index (χ1n) is 6.16. The third-order valence-electron chi connectivity index (χ3n) is 3.15. The second-order valence-electron chi connectivity index (χ2n) is 4.65. The minimum Gasteiger partial charge on any atom is -0.459 e. The van der Waals surface area contributed by atoms with Gasteiger partial charge in [-0.05, 0) is 50.4 Å². The lowest BCUT2D eigenvalue weighted by molar-refractivity contribution is 0.458. The van der Waals surface area contributed by atoms with Gasteiger partial charge in [0.2, 0.25) is 0 Å². The molecular formula is C15H20N2O. The molecule has 0 aliphatic rings. The first-order valence-corrected chi connectivity index (χ1v) is 6.16. The minimum atomic E-state index is 0.236. The molecule has 2 aromatic rings. The highest BCUT2D eigenvalue weighted by atomic mass is 16.3. The van der Waals surface area contributed by atoms with Crippen molar-refractivity contribution >= 4 is 5.69 Å². The standard InChI is InChI=1S/C15H20N2O/c1-11(16-2)14-9-10-15(18-14)12-5-7-13(8-6-12)17(3)4/h5-11,16H,1-4H3. The first-order chi connectivity index (χ1) is 8.61. The predicted molar refractivity (Wildman–Crippen MR) is 75.9 cm³/mol. The quantitative estimate of drug-likeness (QED) is 0.894. The summed E-state index contributed by atoms with van der Waals surface area (Å²) in [5.74, 6) is 1.88. The smallest absolute Gasteiger partial charge is 0.134 e. The highest BCUT2D eigenvalue weighted by Crippen LogP contribution is 2.26. The van der Waals surface area contributed by atoms with E-state index in [4.69, 9.17) is 4.42 Å². The lowest BCUT2D eigenvalue weighted by Crippen LogP contribution is -2.11. The summed E-state index contributed by atoms with van der Waals surface area (Å²) in [6.07, 6.45) is 0. The first kappa shape index (κ1) is 12.7. The molecule has 3 heteroatoms. The molecule has 0 bridgehead atoms. The monoisotopic (exact) mass is 244 g/mol. The van der Waals surface area contributed by atoms with Gasteiger partial charge in [-0.3, -0.25) is 0 Å². The third kappa shape index (κ3) is 2.57. The molecule has 0 fully saturated rings. The number of nitrogens with one attached hydrogen (secondary N) is 1. The number of rotatable bonds is 4. The van der Waals surface area contributed by atoms with Crippen molar-refractivity contribution in [3.8, 4) is 11.3 Å². The zero-order valence-corrected chi connectivity index (χ0v) is 11.4. The summed E-state index contributed by atoms with van der Waals surface area (Å²) < 4.78 is 5.85. The van der Waals surface area contributed by atoms with E-state index in [1.54, 1.807) is 0 Å². The second kappa shape index (κ2) is 5.27. The minimum absolute atomic E-state index is 0.236. The van der Waals surface area contributed by atoms with Crippen molar-refractivity contribution in [1.82, 2.24) is 5.32 Å². The molecule has 0 aliphatic heterocycles. The van der Waals surface area contributed by atoms with E-state index < -0.39 is 0 Å². The van der Waals surface area contributed by atoms with Gasteiger partial charge in [-0.2, -0.15) is 0 Å². The Labute approximate surface area is 108 Å². The van der Waals surface area contributed by atoms with Crippen LogP contribution in [0.15, 0.2) is 40.8 Å². The van der Waals surface area contributed by atoms with Crippen molar-refractivity contribution in [2.24, 2.45) is 0 Å². The Bertz CT molecular complexity index is 499. The van der Waals surface area contributed by atoms with Crippen molar-refractivity contribution in [2.75, 3.05) is 26.0 Å². The summed E-state index contributed by atoms with van der Waals surface area (Å²) in [5.41, 5.74) is 2.30. The van der Waals surface area contributed by atoms with Crippen LogP contribution in [0.2, 0.25) is 0 Å². The van der Waals surface area contributed by atoms with Crippen LogP contribution in [0.3, 0.4) is 0 Å². The lowest BCUT2D eigenvalue weighted by Gasteiger charge is -2.12. The van der Waals surface area contributed by atoms with Crippen molar-refractivity contribution in [2.45, 2.75) is 13.0 Å². The molecule has 0 saturated heterocycles. The van der Waals surface area contributed by atoms with Crippen molar-refractivity contribution < 1.29 is 4.42 Å². The summed E-state index contributed by atoms with van der Waals surface area (Å²) in [4.78, 5) is 2.08. The van der Waals surface area contributed by atoms with E-state index in [0.717, 1.165) is 17.1 Å². The van der Waals surface area contributed by atoms with Gasteiger partial charge >= 0.3 is 0 Å². The van der Waals surface area contributed by atoms with Gasteiger partial charge in [-0.15, -0.1) is 0 Å². The highest BCUT2D eigenvalue weighted by Gasteiger charge is 2.09. The maximum atomic E-state index is 5.85. The van der Waals surface area contributed by atoms with E-state index in [-0.39, 0.29) is 6.04 Å². The fourth-order valence-corrected chi connectivity index (χ4v) is 1.81. The van der Waals surface area contributed by atoms with Gasteiger partial charge in [0, 0.05) is 25.3 Å². The molecule has 1 atom stereocenters. The molecular weight excluding hydrogens is 224 g/mol. The maximum absolute atomic E-state index is 5.85. The van der Waals surface area contributed by atoms with Crippen LogP contribution in [0.25, 0.3) is 11.3 Å². The topological polar surface area (TPSA) is 28.4 Å². The van der Waals surface area contributed by atoms with Crippen molar-refractivity contribution in [1.29, 1.82) is 0 Å². The van der Waals surface area contributed by atoms with Crippen LogP contribution in [0.1, 0.15) is 18.7 Å². The van der Waals surface area contributed by atoms with Gasteiger partial charge in [0.05, 0.1) is 6.04 Å². The Hall–Kier alpha value is -1.74. The SMILES string of the molecule is CNC(C)c1ccc(-c2ccc(N(C)C)cc2)o1. The van der Waals surface area contributed by atoms with Crippen LogP contribution < -0.4 is 10.2 Å². The summed E-state index contributed by atoms with van der Waals surface area (Å²) in [7, 11) is 6.00. The van der Waals surface area contributed by atoms with Crippen molar-refractivity contribution in [3.05, 3.63) is 42.2 Å². The fourth-order valence-electron chi connectivity index (χ4n) is 1.81. The summed E-state index contributed by atoms with van der Waals surface area (Å²) in [6.45, 7) is 2.08. The van der Waals surface area contributed by atoms with Crippen LogP contribution in [-0.4, -0.2) is 21.1 Å². The van der Waals surface area contributed by atoms with Crippen molar-refractivity contribution in [3.63, 3.8) is 0 Å². The molecule has 1 heterocycles. The Morgan fingerprint density at radius 2 is 1.72 bits per heavy atom. The summed E-state index contributed by atoms with van der Waals surface area (Å²) >= 11 is 0. The number of furan rings is 1. The molecule has 0 aliphatic carbocycles. The number of hydrogen-bond donors (Lipinski definition) is 1. The van der Waals surface area contributed by atoms with Gasteiger partial charge in [-0.1, -0.05) is 0 Å². The fraction of sp³-hybridized carbons (Fsp3) is 0.333. The number of anilines is 1. The molecule has 1 aromatic heterocycles. The van der Waals surface area contributed by atoms with E-state index in [9.17, 15) is 0 Å². The molecule has 96 valence electrons. The Morgan fingerprint density at radius 1 is 1.06 bits per heavy atom. The van der Waals surface area contributed by atoms with E-state index in [1.807, 2.05) is 33.3 Å². The lowest BCUT2D eigenvalue weighted by atomic mass is 10.1. The largest absolute Gasteiger partial charge is 0.459 e. The molecule has 1 aromatic carbocycles. The van der Waals surface area contributed by atoms with Gasteiger partial charge in [-0.25, -0.2) is 0 Å². The molecule has 1 N–H and O–H groups in total. The molecule has 2 rings (SSSR count). The predicted octanol–water partition coefficient (Wildman–Crippen LogP) is 3.29. The molecule has 18 heavy (non-hydrogen) atoms. The summed E-state index contributed by atoms with van der Waals surface area (Å²) in [5, 5.41) is 3.17. The molecule has 0 spiro atoms. The van der Waals surface area contributed by atoms with Crippen LogP contribution in [0.5, 0.6) is 0 Å². The Kier molecular flexibility index (Phi) is 3.72. The van der Waals surface area contributed by atoms with Gasteiger partial charge < -0.3 is 14.6 Å². The van der Waals surface area contributed by atoms with Crippen LogP contribution in [-0.2, 0) is 0 Å². The second-order valence-corrected chi connectivity index (χ2v) is 4.65. The molecule has 0 saturated carbocycles. The van der Waals surface area contributed by atoms with Gasteiger partial charge in [0.25, 0.3) is 0 Å². The number of benzene rings is 1. The van der Waals surface area contributed by atoms with E-state index in [2.05, 4.69) is 41.4 Å². The Morgan fingerprint density at radius 3 is 2.28 bits per heavy atom. The molecule has 1 unspecified atom stereocenters. The van der Waals surface area contributed by atoms with E-state index in [1.165, 1.54) is 5.69 Å². The third-order valence-corrected chi connectivity index (χ3v) is 3.15. The average Bonchev–Trinajstić information content (AvgIpc) is 2.87. The summed E-state index contributed by atoms with van der Waals surface area (Å²) in [6, 6.07) is 12.6. The molecule has 3 nitrogen and oxygen atoms in total. The van der Waals surface area contributed by atoms with Gasteiger partial charge in [0.15, 0.2) is 0 Å². The number of nitrogens with zero attached hydrogens (tertiary/aromatic N) is 1. The maximum Gasteiger partial charge on any atom is 0.134 e. The van der Waals surface area contributed by atoms with Crippen LogP contribution in [0.4, 0.5) is 5.69 Å². The average molecular weight is 244 g/mol. The zero-order valence-electron chi connectivity index (χ0n) is 11.4. The molecule has 0 radical (unpaired) electrons.